The quantitative estimate of drug-likeness (QED) is 0.198. The van der Waals surface area contributed by atoms with Crippen molar-refractivity contribution in [3.8, 4) is 0 Å². The van der Waals surface area contributed by atoms with Gasteiger partial charge in [0.15, 0.2) is 0 Å². The van der Waals surface area contributed by atoms with Crippen LogP contribution < -0.4 is 28.1 Å². The van der Waals surface area contributed by atoms with Crippen LogP contribution in [-0.2, 0) is 4.74 Å². The maximum Gasteiger partial charge on any atom is 0.436 e. The summed E-state index contributed by atoms with van der Waals surface area (Å²) >= 11 is 0. The number of rotatable bonds is 3. The molecule has 13 heavy (non-hydrogen) atoms. The minimum atomic E-state index is -1.07. The van der Waals surface area contributed by atoms with Gasteiger partial charge in [-0.25, -0.2) is 31.4 Å². The highest BCUT2D eigenvalue weighted by Crippen LogP contribution is 1.79. The number of hydrogen-bond acceptors (Lipinski definition) is 7. The summed E-state index contributed by atoms with van der Waals surface area (Å²) in [5.74, 6) is 9.74. The molecule has 2 amide bonds. The van der Waals surface area contributed by atoms with Crippen LogP contribution in [-0.4, -0.2) is 17.3 Å². The number of nitrogens with zero attached hydrogens (tertiary/aromatic N) is 1. The number of amides is 2. The third kappa shape index (κ3) is 5.43. The van der Waals surface area contributed by atoms with E-state index >= 15 is 0 Å². The number of hydrogen-bond donors (Lipinski definition) is 5. The van der Waals surface area contributed by atoms with E-state index in [4.69, 9.17) is 5.84 Å². The molecule has 0 spiro atoms. The largest absolute Gasteiger partial charge is 0.436 e. The molecule has 0 bridgehead atoms. The lowest BCUT2D eigenvalue weighted by atomic mass is 11.0. The fourth-order valence-corrected chi connectivity index (χ4v) is 0.343. The molecule has 9 heteroatoms. The van der Waals surface area contributed by atoms with Crippen molar-refractivity contribution in [1.82, 2.24) is 21.5 Å². The molecule has 0 rings (SSSR count). The molecule has 0 aromatic carbocycles. The van der Waals surface area contributed by atoms with E-state index in [1.165, 1.54) is 0 Å². The van der Waals surface area contributed by atoms with Crippen molar-refractivity contribution in [2.24, 2.45) is 11.7 Å². The Hall–Kier alpha value is -1.84. The van der Waals surface area contributed by atoms with Gasteiger partial charge in [0.25, 0.3) is 0 Å². The van der Waals surface area contributed by atoms with E-state index in [9.17, 15) is 9.59 Å². The Bertz CT molecular complexity index is 206. The average Bonchev–Trinajstić information content (AvgIpc) is 2.04. The van der Waals surface area contributed by atoms with Crippen molar-refractivity contribution >= 4 is 12.2 Å². The van der Waals surface area contributed by atoms with Gasteiger partial charge in [0.05, 0.1) is 0 Å². The molecule has 0 saturated heterocycles. The molecule has 0 saturated carbocycles. The SMILES string of the molecule is C=CN(N)NC(=O)OC(=O)NNN. The van der Waals surface area contributed by atoms with Gasteiger partial charge >= 0.3 is 12.2 Å². The molecular weight excluding hydrogens is 180 g/mol. The molecule has 0 unspecified atom stereocenters. The summed E-state index contributed by atoms with van der Waals surface area (Å²) in [5, 5.41) is 0.714. The predicted octanol–water partition coefficient (Wildman–Crippen LogP) is -1.97. The van der Waals surface area contributed by atoms with Gasteiger partial charge in [-0.05, 0) is 0 Å². The van der Waals surface area contributed by atoms with Crippen molar-refractivity contribution in [3.63, 3.8) is 0 Å². The van der Waals surface area contributed by atoms with Crippen LogP contribution in [0.5, 0.6) is 0 Å². The van der Waals surface area contributed by atoms with Crippen LogP contribution >= 0.6 is 0 Å². The Morgan fingerprint density at radius 3 is 2.54 bits per heavy atom. The molecule has 0 aliphatic carbocycles. The summed E-state index contributed by atoms with van der Waals surface area (Å²) < 4.78 is 4.05. The average molecular weight is 190 g/mol. The normalized spacial score (nSPS) is 8.46. The van der Waals surface area contributed by atoms with Crippen molar-refractivity contribution in [2.45, 2.75) is 0 Å². The molecule has 7 N–H and O–H groups in total. The highest BCUT2D eigenvalue weighted by Gasteiger charge is 2.09. The second-order valence-electron chi connectivity index (χ2n) is 1.65. The monoisotopic (exact) mass is 190 g/mol. The number of nitrogens with two attached hydrogens (primary N) is 2. The molecule has 0 atom stereocenters. The van der Waals surface area contributed by atoms with Crippen LogP contribution in [0, 0.1) is 0 Å². The van der Waals surface area contributed by atoms with Gasteiger partial charge in [0, 0.05) is 6.20 Å². The van der Waals surface area contributed by atoms with E-state index in [-0.39, 0.29) is 0 Å². The lowest BCUT2D eigenvalue weighted by Crippen LogP contribution is -2.48. The summed E-state index contributed by atoms with van der Waals surface area (Å²) in [7, 11) is 0. The number of carbonyl (C=O) groups excluding carboxylic acids is 2. The number of ether oxygens (including phenoxy) is 1. The highest BCUT2D eigenvalue weighted by atomic mass is 16.6. The fraction of sp³-hybridized carbons (Fsp3) is 0. The van der Waals surface area contributed by atoms with Gasteiger partial charge in [0.1, 0.15) is 0 Å². The second-order valence-corrected chi connectivity index (χ2v) is 1.65. The molecule has 0 fully saturated rings. The molecule has 0 aromatic heterocycles. The zero-order valence-corrected chi connectivity index (χ0v) is 6.61. The first-order chi connectivity index (χ1) is 6.10. The molecule has 0 aliphatic rings. The van der Waals surface area contributed by atoms with Crippen LogP contribution in [0.3, 0.4) is 0 Å². The van der Waals surface area contributed by atoms with E-state index in [2.05, 4.69) is 17.2 Å². The Kier molecular flexibility index (Phi) is 4.95. The van der Waals surface area contributed by atoms with Crippen molar-refractivity contribution in [2.75, 3.05) is 0 Å². The Morgan fingerprint density at radius 1 is 1.46 bits per heavy atom. The third-order valence-corrected chi connectivity index (χ3v) is 0.777. The number of nitrogens with one attached hydrogen (secondary N) is 3. The Morgan fingerprint density at radius 2 is 2.08 bits per heavy atom. The molecule has 9 nitrogen and oxygen atoms in total. The van der Waals surface area contributed by atoms with Crippen molar-refractivity contribution in [3.05, 3.63) is 12.8 Å². The van der Waals surface area contributed by atoms with Crippen LogP contribution in [0.25, 0.3) is 0 Å². The van der Waals surface area contributed by atoms with Gasteiger partial charge in [-0.3, -0.25) is 5.84 Å². The highest BCUT2D eigenvalue weighted by molar-refractivity contribution is 5.82. The smallest absolute Gasteiger partial charge is 0.357 e. The van der Waals surface area contributed by atoms with Gasteiger partial charge < -0.3 is 4.74 Å². The molecule has 0 heterocycles. The molecule has 74 valence electrons. The zero-order valence-electron chi connectivity index (χ0n) is 6.61. The van der Waals surface area contributed by atoms with E-state index in [0.29, 0.717) is 5.12 Å². The summed E-state index contributed by atoms with van der Waals surface area (Å²) in [6.07, 6.45) is -1.05. The number of carbonyl (C=O) groups is 2. The first kappa shape index (κ1) is 11.2. The van der Waals surface area contributed by atoms with Gasteiger partial charge in [-0.2, -0.15) is 5.53 Å². The first-order valence-corrected chi connectivity index (χ1v) is 3.00. The Labute approximate surface area is 73.6 Å². The van der Waals surface area contributed by atoms with Gasteiger partial charge in [-0.1, -0.05) is 6.58 Å². The minimum Gasteiger partial charge on any atom is -0.357 e. The summed E-state index contributed by atoms with van der Waals surface area (Å²) in [4.78, 5) is 21.2. The van der Waals surface area contributed by atoms with Gasteiger partial charge in [0.2, 0.25) is 0 Å². The van der Waals surface area contributed by atoms with E-state index < -0.39 is 12.2 Å². The standard InChI is InChI=1S/C4H10N6O3/c1-2-10(6)8-4(12)13-3(11)7-9-5/h2,9H,1,5-6H2,(H,7,11)(H,8,12). The van der Waals surface area contributed by atoms with Gasteiger partial charge in [-0.15, -0.1) is 0 Å². The van der Waals surface area contributed by atoms with E-state index in [1.54, 1.807) is 11.0 Å². The fourth-order valence-electron chi connectivity index (χ4n) is 0.343. The van der Waals surface area contributed by atoms with E-state index in [0.717, 1.165) is 6.20 Å². The van der Waals surface area contributed by atoms with Crippen LogP contribution in [0.2, 0.25) is 0 Å². The van der Waals surface area contributed by atoms with E-state index in [1.807, 2.05) is 5.43 Å². The lowest BCUT2D eigenvalue weighted by molar-refractivity contribution is 0.129. The van der Waals surface area contributed by atoms with Crippen molar-refractivity contribution < 1.29 is 14.3 Å². The Balaban J connectivity index is 3.74. The summed E-state index contributed by atoms with van der Waals surface area (Å²) in [6, 6.07) is 0. The first-order valence-electron chi connectivity index (χ1n) is 3.00. The van der Waals surface area contributed by atoms with Crippen LogP contribution in [0.15, 0.2) is 12.8 Å². The molecule has 0 radical (unpaired) electrons. The number of hydrazine groups is 4. The molecular formula is C4H10N6O3. The summed E-state index contributed by atoms with van der Waals surface area (Å²) in [5.41, 5.74) is 5.48. The molecule has 0 aliphatic heterocycles. The lowest BCUT2D eigenvalue weighted by Gasteiger charge is -2.12. The van der Waals surface area contributed by atoms with Crippen LogP contribution in [0.4, 0.5) is 9.59 Å². The topological polar surface area (TPSA) is 135 Å². The molecule has 0 aromatic rings. The predicted molar refractivity (Wildman–Crippen MR) is 41.7 cm³/mol. The zero-order chi connectivity index (χ0) is 10.3. The maximum atomic E-state index is 10.7. The maximum absolute atomic E-state index is 10.7. The van der Waals surface area contributed by atoms with Crippen LogP contribution in [0.1, 0.15) is 0 Å². The third-order valence-electron chi connectivity index (χ3n) is 0.777. The second kappa shape index (κ2) is 5.77. The van der Waals surface area contributed by atoms with Crippen molar-refractivity contribution in [1.29, 1.82) is 0 Å². The minimum absolute atomic E-state index is 0.714. The summed E-state index contributed by atoms with van der Waals surface area (Å²) in [6.45, 7) is 3.23.